The molecule has 0 N–H and O–H groups in total. The molecule has 1 aromatic heterocycles. The monoisotopic (exact) mass is 328 g/mol. The lowest BCUT2D eigenvalue weighted by atomic mass is 10.1. The van der Waals surface area contributed by atoms with Gasteiger partial charge in [0.05, 0.1) is 24.3 Å². The van der Waals surface area contributed by atoms with E-state index in [4.69, 9.17) is 4.74 Å². The van der Waals surface area contributed by atoms with E-state index in [1.807, 2.05) is 27.8 Å². The van der Waals surface area contributed by atoms with Crippen molar-refractivity contribution in [2.24, 2.45) is 0 Å². The summed E-state index contributed by atoms with van der Waals surface area (Å²) in [6.07, 6.45) is 0.134. The molecule has 1 amide bonds. The lowest BCUT2D eigenvalue weighted by molar-refractivity contribution is -0.0503. The van der Waals surface area contributed by atoms with Crippen molar-refractivity contribution in [1.29, 1.82) is 0 Å². The second-order valence-corrected chi connectivity index (χ2v) is 6.93. The van der Waals surface area contributed by atoms with Gasteiger partial charge in [0.1, 0.15) is 0 Å². The quantitative estimate of drug-likeness (QED) is 0.868. The molecule has 3 heterocycles. The molecule has 2 saturated heterocycles. The summed E-state index contributed by atoms with van der Waals surface area (Å²) in [6, 6.07) is 12.7. The summed E-state index contributed by atoms with van der Waals surface area (Å²) in [5.41, 5.74) is 2.11. The first-order valence-corrected chi connectivity index (χ1v) is 8.96. The molecular formula is C18H20N2O2S. The van der Waals surface area contributed by atoms with Gasteiger partial charge in [0.2, 0.25) is 0 Å². The summed E-state index contributed by atoms with van der Waals surface area (Å²) in [7, 11) is 0. The van der Waals surface area contributed by atoms with E-state index < -0.39 is 0 Å². The molecule has 0 aliphatic carbocycles. The first kappa shape index (κ1) is 14.9. The standard InChI is InChI=1S/C18H20N2O2S/c21-18(15-6-9-23-13-15)20-11-16-17(12-20)22-8-7-19(16)10-14-4-2-1-3-5-14/h1-6,9,13,16-17H,7-8,10-12H2/t16-,17-/m1/s1. The Morgan fingerprint density at radius 3 is 2.87 bits per heavy atom. The lowest BCUT2D eigenvalue weighted by Crippen LogP contribution is -2.50. The summed E-state index contributed by atoms with van der Waals surface area (Å²) in [5, 5.41) is 3.88. The maximum absolute atomic E-state index is 12.6. The predicted molar refractivity (Wildman–Crippen MR) is 90.6 cm³/mol. The third-order valence-corrected chi connectivity index (χ3v) is 5.38. The van der Waals surface area contributed by atoms with E-state index >= 15 is 0 Å². The van der Waals surface area contributed by atoms with Gasteiger partial charge in [-0.15, -0.1) is 0 Å². The van der Waals surface area contributed by atoms with Crippen LogP contribution >= 0.6 is 11.3 Å². The molecule has 4 nitrogen and oxygen atoms in total. The van der Waals surface area contributed by atoms with E-state index in [1.54, 1.807) is 11.3 Å². The summed E-state index contributed by atoms with van der Waals surface area (Å²) in [6.45, 7) is 4.05. The number of thiophene rings is 1. The molecule has 2 aromatic rings. The van der Waals surface area contributed by atoms with Crippen LogP contribution in [0.2, 0.25) is 0 Å². The van der Waals surface area contributed by atoms with Crippen molar-refractivity contribution < 1.29 is 9.53 Å². The Kier molecular flexibility index (Phi) is 4.16. The summed E-state index contributed by atoms with van der Waals surface area (Å²) in [5.74, 6) is 0.129. The third-order valence-electron chi connectivity index (χ3n) is 4.70. The van der Waals surface area contributed by atoms with E-state index in [2.05, 4.69) is 29.2 Å². The molecule has 0 saturated carbocycles. The van der Waals surface area contributed by atoms with Gasteiger partial charge < -0.3 is 9.64 Å². The highest BCUT2D eigenvalue weighted by molar-refractivity contribution is 7.08. The number of rotatable bonds is 3. The van der Waals surface area contributed by atoms with E-state index in [-0.39, 0.29) is 12.0 Å². The van der Waals surface area contributed by atoms with Crippen LogP contribution in [0.5, 0.6) is 0 Å². The predicted octanol–water partition coefficient (Wildman–Crippen LogP) is 2.47. The fraction of sp³-hybridized carbons (Fsp3) is 0.389. The molecule has 2 aliphatic rings. The van der Waals surface area contributed by atoms with Crippen molar-refractivity contribution >= 4 is 17.2 Å². The van der Waals surface area contributed by atoms with Crippen molar-refractivity contribution in [2.75, 3.05) is 26.2 Å². The van der Waals surface area contributed by atoms with Crippen LogP contribution in [0, 0.1) is 0 Å². The molecule has 0 spiro atoms. The molecule has 23 heavy (non-hydrogen) atoms. The molecule has 2 fully saturated rings. The Bertz CT molecular complexity index is 659. The fourth-order valence-electron chi connectivity index (χ4n) is 3.51. The van der Waals surface area contributed by atoms with E-state index in [9.17, 15) is 4.79 Å². The minimum Gasteiger partial charge on any atom is -0.373 e. The van der Waals surface area contributed by atoms with E-state index in [0.29, 0.717) is 12.6 Å². The molecule has 0 bridgehead atoms. The molecule has 2 atom stereocenters. The highest BCUT2D eigenvalue weighted by atomic mass is 32.1. The van der Waals surface area contributed by atoms with Crippen molar-refractivity contribution in [3.8, 4) is 0 Å². The third kappa shape index (κ3) is 3.04. The van der Waals surface area contributed by atoms with E-state index in [1.165, 1.54) is 5.56 Å². The van der Waals surface area contributed by atoms with Crippen molar-refractivity contribution in [2.45, 2.75) is 18.7 Å². The summed E-state index contributed by atoms with van der Waals surface area (Å²) in [4.78, 5) is 17.0. The zero-order valence-corrected chi connectivity index (χ0v) is 13.7. The highest BCUT2D eigenvalue weighted by Gasteiger charge is 2.41. The van der Waals surface area contributed by atoms with Crippen LogP contribution in [0.4, 0.5) is 0 Å². The van der Waals surface area contributed by atoms with Crippen LogP contribution in [-0.4, -0.2) is 54.1 Å². The number of hydrogen-bond donors (Lipinski definition) is 0. The number of amides is 1. The minimum absolute atomic E-state index is 0.129. The number of fused-ring (bicyclic) bond motifs is 1. The Morgan fingerprint density at radius 2 is 2.09 bits per heavy atom. The van der Waals surface area contributed by atoms with Crippen LogP contribution in [-0.2, 0) is 11.3 Å². The normalized spacial score (nSPS) is 24.6. The number of likely N-dealkylation sites (tertiary alicyclic amines) is 1. The molecule has 0 radical (unpaired) electrons. The number of carbonyl (C=O) groups is 1. The zero-order chi connectivity index (χ0) is 15.6. The van der Waals surface area contributed by atoms with E-state index in [0.717, 1.165) is 31.8 Å². The van der Waals surface area contributed by atoms with Crippen LogP contribution < -0.4 is 0 Å². The second kappa shape index (κ2) is 6.43. The molecule has 4 rings (SSSR count). The smallest absolute Gasteiger partial charge is 0.254 e. The topological polar surface area (TPSA) is 32.8 Å². The van der Waals surface area contributed by atoms with Crippen LogP contribution in [0.1, 0.15) is 15.9 Å². The Hall–Kier alpha value is -1.69. The molecule has 5 heteroatoms. The van der Waals surface area contributed by atoms with Crippen molar-refractivity contribution in [3.63, 3.8) is 0 Å². The first-order valence-electron chi connectivity index (χ1n) is 8.02. The molecular weight excluding hydrogens is 308 g/mol. The summed E-state index contributed by atoms with van der Waals surface area (Å²) >= 11 is 1.57. The maximum atomic E-state index is 12.6. The van der Waals surface area contributed by atoms with Crippen LogP contribution in [0.25, 0.3) is 0 Å². The number of ether oxygens (including phenoxy) is 1. The molecule has 1 aromatic carbocycles. The van der Waals surface area contributed by atoms with Gasteiger partial charge in [-0.2, -0.15) is 11.3 Å². The fourth-order valence-corrected chi connectivity index (χ4v) is 4.14. The second-order valence-electron chi connectivity index (χ2n) is 6.15. The van der Waals surface area contributed by atoms with Gasteiger partial charge in [0, 0.05) is 31.6 Å². The van der Waals surface area contributed by atoms with Crippen LogP contribution in [0.15, 0.2) is 47.2 Å². The first-order chi connectivity index (χ1) is 11.3. The van der Waals surface area contributed by atoms with Gasteiger partial charge in [-0.3, -0.25) is 9.69 Å². The summed E-state index contributed by atoms with van der Waals surface area (Å²) < 4.78 is 5.93. The van der Waals surface area contributed by atoms with Crippen LogP contribution in [0.3, 0.4) is 0 Å². The number of benzene rings is 1. The highest BCUT2D eigenvalue weighted by Crippen LogP contribution is 2.26. The molecule has 2 aliphatic heterocycles. The zero-order valence-electron chi connectivity index (χ0n) is 12.9. The van der Waals surface area contributed by atoms with Gasteiger partial charge >= 0.3 is 0 Å². The Balaban J connectivity index is 1.47. The van der Waals surface area contributed by atoms with Gasteiger partial charge in [-0.05, 0) is 17.0 Å². The largest absolute Gasteiger partial charge is 0.373 e. The number of carbonyl (C=O) groups excluding carboxylic acids is 1. The number of nitrogens with zero attached hydrogens (tertiary/aromatic N) is 2. The van der Waals surface area contributed by atoms with Crippen molar-refractivity contribution in [3.05, 3.63) is 58.3 Å². The number of morpholine rings is 1. The SMILES string of the molecule is O=C(c1ccsc1)N1C[C@@H]2[C@@H](C1)OCCN2Cc1ccccc1. The molecule has 0 unspecified atom stereocenters. The molecule has 120 valence electrons. The van der Waals surface area contributed by atoms with Crippen molar-refractivity contribution in [1.82, 2.24) is 9.80 Å². The lowest BCUT2D eigenvalue weighted by Gasteiger charge is -2.36. The maximum Gasteiger partial charge on any atom is 0.254 e. The van der Waals surface area contributed by atoms with Gasteiger partial charge in [-0.1, -0.05) is 30.3 Å². The minimum atomic E-state index is 0.129. The Morgan fingerprint density at radius 1 is 1.22 bits per heavy atom. The average Bonchev–Trinajstić information content (AvgIpc) is 3.25. The number of hydrogen-bond acceptors (Lipinski definition) is 4. The van der Waals surface area contributed by atoms with Gasteiger partial charge in [0.15, 0.2) is 0 Å². The van der Waals surface area contributed by atoms with Gasteiger partial charge in [-0.25, -0.2) is 0 Å². The average molecular weight is 328 g/mol. The Labute approximate surface area is 140 Å². The van der Waals surface area contributed by atoms with Gasteiger partial charge in [0.25, 0.3) is 5.91 Å².